The molecule has 200 valence electrons. The van der Waals surface area contributed by atoms with Gasteiger partial charge in [-0.2, -0.15) is 10.5 Å². The number of carbonyl (C=O) groups excluding carboxylic acids is 2. The number of hydrogen-bond acceptors (Lipinski definition) is 8. The van der Waals surface area contributed by atoms with Gasteiger partial charge in [0.25, 0.3) is 0 Å². The number of allylic oxidation sites excluding steroid dienone is 1. The van der Waals surface area contributed by atoms with E-state index in [1.807, 2.05) is 13.0 Å². The second kappa shape index (κ2) is 13.8. The minimum Gasteiger partial charge on any atom is -0.490 e. The molecule has 3 rings (SSSR count). The minimum atomic E-state index is -0.546. The highest BCUT2D eigenvalue weighted by atomic mass is 35.5. The van der Waals surface area contributed by atoms with Gasteiger partial charge in [-0.3, -0.25) is 4.79 Å². The van der Waals surface area contributed by atoms with E-state index in [0.29, 0.717) is 44.2 Å². The molecule has 0 aliphatic rings. The van der Waals surface area contributed by atoms with Crippen molar-refractivity contribution >= 4 is 52.4 Å². The molecule has 1 aromatic heterocycles. The molecule has 39 heavy (non-hydrogen) atoms. The Morgan fingerprint density at radius 3 is 2.44 bits per heavy atom. The molecule has 2 aromatic carbocycles. The van der Waals surface area contributed by atoms with Crippen molar-refractivity contribution < 1.29 is 23.8 Å². The number of nitrogens with zero attached hydrogens (tertiary/aromatic N) is 2. The van der Waals surface area contributed by atoms with Crippen molar-refractivity contribution in [1.29, 1.82) is 10.5 Å². The number of rotatable bonds is 11. The molecule has 0 aliphatic heterocycles. The van der Waals surface area contributed by atoms with Crippen LogP contribution in [0, 0.1) is 29.6 Å². The predicted octanol–water partition coefficient (Wildman–Crippen LogP) is 7.11. The number of thiophene rings is 1. The average molecular weight is 583 g/mol. The average Bonchev–Trinajstić information content (AvgIpc) is 3.22. The van der Waals surface area contributed by atoms with Gasteiger partial charge in [-0.15, -0.1) is 11.3 Å². The smallest absolute Gasteiger partial charge is 0.348 e. The third kappa shape index (κ3) is 7.40. The number of nitriles is 2. The van der Waals surface area contributed by atoms with Crippen LogP contribution in [0.5, 0.6) is 11.5 Å². The molecule has 7 nitrogen and oxygen atoms in total. The molecular formula is C29H24Cl2N2O5S. The van der Waals surface area contributed by atoms with Crippen LogP contribution in [-0.4, -0.2) is 25.0 Å². The zero-order valence-electron chi connectivity index (χ0n) is 21.5. The SMILES string of the molecule is CCOC(=O)c1sc(CC(=O)C(C#N)=Cc2ccc(OCc3ccc(Cl)cc3Cl)c(OCC)c2)c(C#N)c1C. The van der Waals surface area contributed by atoms with Gasteiger partial charge in [-0.1, -0.05) is 35.3 Å². The molecule has 0 amide bonds. The van der Waals surface area contributed by atoms with Gasteiger partial charge in [0.05, 0.1) is 24.4 Å². The van der Waals surface area contributed by atoms with Gasteiger partial charge in [0.2, 0.25) is 0 Å². The summed E-state index contributed by atoms with van der Waals surface area (Å²) < 4.78 is 16.7. The zero-order valence-corrected chi connectivity index (χ0v) is 23.8. The molecule has 0 saturated heterocycles. The van der Waals surface area contributed by atoms with Gasteiger partial charge in [0.1, 0.15) is 23.6 Å². The number of ketones is 1. The lowest BCUT2D eigenvalue weighted by Crippen LogP contribution is -2.05. The summed E-state index contributed by atoms with van der Waals surface area (Å²) in [7, 11) is 0. The maximum Gasteiger partial charge on any atom is 0.348 e. The van der Waals surface area contributed by atoms with E-state index in [9.17, 15) is 20.1 Å². The van der Waals surface area contributed by atoms with Crippen LogP contribution in [0.1, 0.15) is 50.7 Å². The number of hydrogen-bond donors (Lipinski definition) is 0. The lowest BCUT2D eigenvalue weighted by atomic mass is 10.0. The lowest BCUT2D eigenvalue weighted by Gasteiger charge is -2.13. The van der Waals surface area contributed by atoms with Crippen molar-refractivity contribution in [3.8, 4) is 23.6 Å². The van der Waals surface area contributed by atoms with E-state index < -0.39 is 11.8 Å². The molecule has 10 heteroatoms. The largest absolute Gasteiger partial charge is 0.490 e. The van der Waals surface area contributed by atoms with E-state index in [1.165, 1.54) is 6.08 Å². The first-order valence-electron chi connectivity index (χ1n) is 11.9. The van der Waals surface area contributed by atoms with Crippen LogP contribution in [0.25, 0.3) is 6.08 Å². The van der Waals surface area contributed by atoms with Gasteiger partial charge in [-0.25, -0.2) is 4.79 Å². The third-order valence-electron chi connectivity index (χ3n) is 5.51. The second-order valence-electron chi connectivity index (χ2n) is 8.12. The standard InChI is InChI=1S/C29H24Cl2N2O5S/c1-4-36-26-11-18(6-9-25(26)38-16-19-7-8-21(30)12-23(19)31)10-20(14-32)24(34)13-27-22(15-33)17(3)28(39-27)29(35)37-5-2/h6-12H,4-5,13,16H2,1-3H3. The summed E-state index contributed by atoms with van der Waals surface area (Å²) >= 11 is 13.2. The fourth-order valence-corrected chi connectivity index (χ4v) is 5.23. The number of benzene rings is 2. The molecule has 0 radical (unpaired) electrons. The predicted molar refractivity (Wildman–Crippen MR) is 150 cm³/mol. The fourth-order valence-electron chi connectivity index (χ4n) is 3.61. The molecule has 0 atom stereocenters. The molecule has 3 aromatic rings. The molecule has 0 fully saturated rings. The highest BCUT2D eigenvalue weighted by Gasteiger charge is 2.23. The van der Waals surface area contributed by atoms with Gasteiger partial charge in [0.15, 0.2) is 17.3 Å². The van der Waals surface area contributed by atoms with Gasteiger partial charge >= 0.3 is 5.97 Å². The Morgan fingerprint density at radius 2 is 1.79 bits per heavy atom. The lowest BCUT2D eigenvalue weighted by molar-refractivity contribution is -0.114. The number of ether oxygens (including phenoxy) is 3. The third-order valence-corrected chi connectivity index (χ3v) is 7.37. The molecule has 0 spiro atoms. The summed E-state index contributed by atoms with van der Waals surface area (Å²) in [5.74, 6) is -0.137. The van der Waals surface area contributed by atoms with E-state index in [0.717, 1.165) is 16.9 Å². The zero-order chi connectivity index (χ0) is 28.5. The molecule has 0 saturated carbocycles. The molecular weight excluding hydrogens is 559 g/mol. The summed E-state index contributed by atoms with van der Waals surface area (Å²) in [6.45, 7) is 5.89. The van der Waals surface area contributed by atoms with E-state index in [-0.39, 0.29) is 35.6 Å². The molecule has 1 heterocycles. The number of esters is 1. The second-order valence-corrected chi connectivity index (χ2v) is 10.1. The summed E-state index contributed by atoms with van der Waals surface area (Å²) in [5.41, 5.74) is 1.90. The van der Waals surface area contributed by atoms with Crippen molar-refractivity contribution in [2.24, 2.45) is 0 Å². The monoisotopic (exact) mass is 582 g/mol. The summed E-state index contributed by atoms with van der Waals surface area (Å²) in [5, 5.41) is 20.3. The summed E-state index contributed by atoms with van der Waals surface area (Å²) in [6.07, 6.45) is 1.25. The summed E-state index contributed by atoms with van der Waals surface area (Å²) in [6, 6.07) is 14.2. The van der Waals surface area contributed by atoms with Gasteiger partial charge in [0, 0.05) is 26.9 Å². The van der Waals surface area contributed by atoms with Crippen LogP contribution in [0.15, 0.2) is 42.0 Å². The fraction of sp³-hybridized carbons (Fsp3) is 0.241. The van der Waals surface area contributed by atoms with Crippen molar-refractivity contribution in [2.45, 2.75) is 33.8 Å². The molecule has 0 bridgehead atoms. The highest BCUT2D eigenvalue weighted by Crippen LogP contribution is 2.32. The van der Waals surface area contributed by atoms with Crippen LogP contribution < -0.4 is 9.47 Å². The van der Waals surface area contributed by atoms with Gasteiger partial charge in [-0.05, 0) is 62.2 Å². The number of carbonyl (C=O) groups is 2. The van der Waals surface area contributed by atoms with Crippen LogP contribution in [0.2, 0.25) is 10.0 Å². The van der Waals surface area contributed by atoms with Crippen LogP contribution in [0.3, 0.4) is 0 Å². The van der Waals surface area contributed by atoms with Crippen LogP contribution in [-0.2, 0) is 22.6 Å². The van der Waals surface area contributed by atoms with E-state index in [2.05, 4.69) is 6.07 Å². The Bertz CT molecular complexity index is 1520. The van der Waals surface area contributed by atoms with E-state index >= 15 is 0 Å². The van der Waals surface area contributed by atoms with Crippen LogP contribution in [0.4, 0.5) is 0 Å². The Balaban J connectivity index is 1.84. The van der Waals surface area contributed by atoms with E-state index in [4.69, 9.17) is 37.4 Å². The first-order valence-corrected chi connectivity index (χ1v) is 13.5. The minimum absolute atomic E-state index is 0.105. The Hall–Kier alpha value is -3.82. The van der Waals surface area contributed by atoms with Gasteiger partial charge < -0.3 is 14.2 Å². The van der Waals surface area contributed by atoms with Crippen molar-refractivity contribution in [3.63, 3.8) is 0 Å². The number of Topliss-reactive ketones (excluding diaryl/α,β-unsaturated/α-hetero) is 1. The van der Waals surface area contributed by atoms with Crippen molar-refractivity contribution in [1.82, 2.24) is 0 Å². The molecule has 0 N–H and O–H groups in total. The topological polar surface area (TPSA) is 109 Å². The van der Waals surface area contributed by atoms with Crippen LogP contribution >= 0.6 is 34.5 Å². The maximum absolute atomic E-state index is 13.0. The van der Waals surface area contributed by atoms with Crippen molar-refractivity contribution in [2.75, 3.05) is 13.2 Å². The number of halogens is 2. The van der Waals surface area contributed by atoms with E-state index in [1.54, 1.807) is 50.2 Å². The maximum atomic E-state index is 13.0. The Labute approximate surface area is 240 Å². The quantitative estimate of drug-likeness (QED) is 0.134. The Morgan fingerprint density at radius 1 is 1.03 bits per heavy atom. The van der Waals surface area contributed by atoms with Crippen molar-refractivity contribution in [3.05, 3.63) is 84.0 Å². The normalized spacial score (nSPS) is 10.9. The molecule has 0 aliphatic carbocycles. The summed E-state index contributed by atoms with van der Waals surface area (Å²) in [4.78, 5) is 25.9. The highest BCUT2D eigenvalue weighted by molar-refractivity contribution is 7.14. The first-order chi connectivity index (χ1) is 18.7. The Kier molecular flexibility index (Phi) is 10.5. The first kappa shape index (κ1) is 29.7. The molecule has 0 unspecified atom stereocenters.